The van der Waals surface area contributed by atoms with Gasteiger partial charge in [-0.1, -0.05) is 0 Å². The van der Waals surface area contributed by atoms with E-state index < -0.39 is 0 Å². The lowest BCUT2D eigenvalue weighted by Gasteiger charge is -2.42. The van der Waals surface area contributed by atoms with Gasteiger partial charge in [-0.3, -0.25) is 14.6 Å². The first-order valence-corrected chi connectivity index (χ1v) is 10.3. The first-order chi connectivity index (χ1) is 13.7. The van der Waals surface area contributed by atoms with E-state index >= 15 is 0 Å². The van der Waals surface area contributed by atoms with Crippen LogP contribution in [0.3, 0.4) is 0 Å². The summed E-state index contributed by atoms with van der Waals surface area (Å²) in [6, 6.07) is 0.992. The molecule has 2 saturated heterocycles. The lowest BCUT2D eigenvalue weighted by Crippen LogP contribution is -2.50. The molecule has 8 nitrogen and oxygen atoms in total. The number of methoxy groups -OCH3 is 2. The van der Waals surface area contributed by atoms with Gasteiger partial charge in [0.25, 0.3) is 0 Å². The molecule has 156 valence electrons. The molecule has 8 heteroatoms. The fourth-order valence-corrected chi connectivity index (χ4v) is 4.20. The third kappa shape index (κ3) is 5.86. The van der Waals surface area contributed by atoms with Gasteiger partial charge in [0.2, 0.25) is 5.91 Å². The number of carbonyl (C=O) groups excluding carboxylic acids is 1. The molecule has 2 aliphatic heterocycles. The van der Waals surface area contributed by atoms with Gasteiger partial charge in [0.1, 0.15) is 0 Å². The van der Waals surface area contributed by atoms with Crippen molar-refractivity contribution < 1.29 is 14.3 Å². The number of likely N-dealkylation sites (tertiary alicyclic amines) is 2. The molecule has 1 aromatic heterocycles. The summed E-state index contributed by atoms with van der Waals surface area (Å²) in [7, 11) is 3.23. The van der Waals surface area contributed by atoms with Crippen LogP contribution in [0.2, 0.25) is 0 Å². The summed E-state index contributed by atoms with van der Waals surface area (Å²) in [6.07, 6.45) is 8.08. The van der Waals surface area contributed by atoms with E-state index in [1.54, 1.807) is 14.2 Å². The number of hydrogen-bond donors (Lipinski definition) is 1. The van der Waals surface area contributed by atoms with E-state index in [2.05, 4.69) is 25.1 Å². The molecule has 0 unspecified atom stereocenters. The second kappa shape index (κ2) is 10.7. The van der Waals surface area contributed by atoms with E-state index in [1.165, 1.54) is 0 Å². The largest absolute Gasteiger partial charge is 0.467 e. The SMILES string of the molecule is COCCNC(=O)[C@@H]1CCCN(C2CCN(Cc3cnc(OC)nc3)CC2)C1. The van der Waals surface area contributed by atoms with Crippen LogP contribution >= 0.6 is 0 Å². The van der Waals surface area contributed by atoms with Crippen molar-refractivity contribution in [3.05, 3.63) is 18.0 Å². The van der Waals surface area contributed by atoms with Gasteiger partial charge in [-0.15, -0.1) is 0 Å². The fraction of sp³-hybridized carbons (Fsp3) is 0.750. The van der Waals surface area contributed by atoms with Gasteiger partial charge in [0, 0.05) is 50.7 Å². The smallest absolute Gasteiger partial charge is 0.316 e. The predicted molar refractivity (Wildman–Crippen MR) is 106 cm³/mol. The Bertz CT molecular complexity index is 604. The Hall–Kier alpha value is -1.77. The van der Waals surface area contributed by atoms with Crippen molar-refractivity contribution in [2.75, 3.05) is 53.6 Å². The Balaban J connectivity index is 1.42. The molecular formula is C20H33N5O3. The zero-order valence-electron chi connectivity index (χ0n) is 17.1. The Kier molecular flexibility index (Phi) is 8.00. The molecule has 0 aromatic carbocycles. The van der Waals surface area contributed by atoms with E-state index in [0.29, 0.717) is 25.2 Å². The summed E-state index contributed by atoms with van der Waals surface area (Å²) in [6.45, 7) is 6.17. The molecule has 3 heterocycles. The maximum Gasteiger partial charge on any atom is 0.316 e. The highest BCUT2D eigenvalue weighted by Crippen LogP contribution is 2.24. The Morgan fingerprint density at radius 1 is 1.18 bits per heavy atom. The quantitative estimate of drug-likeness (QED) is 0.660. The third-order valence-corrected chi connectivity index (χ3v) is 5.77. The molecule has 3 rings (SSSR count). The van der Waals surface area contributed by atoms with Gasteiger partial charge in [0.15, 0.2) is 0 Å². The van der Waals surface area contributed by atoms with Crippen molar-refractivity contribution in [2.45, 2.75) is 38.3 Å². The van der Waals surface area contributed by atoms with Crippen LogP contribution < -0.4 is 10.1 Å². The average molecular weight is 392 g/mol. The highest BCUT2D eigenvalue weighted by molar-refractivity contribution is 5.78. The van der Waals surface area contributed by atoms with Gasteiger partial charge in [-0.25, -0.2) is 9.97 Å². The summed E-state index contributed by atoms with van der Waals surface area (Å²) in [5.74, 6) is 0.291. The van der Waals surface area contributed by atoms with Gasteiger partial charge < -0.3 is 14.8 Å². The normalized spacial score (nSPS) is 22.1. The molecule has 1 amide bonds. The van der Waals surface area contributed by atoms with Crippen LogP contribution in [0, 0.1) is 5.92 Å². The lowest BCUT2D eigenvalue weighted by atomic mass is 9.93. The van der Waals surface area contributed by atoms with Crippen LogP contribution in [0.1, 0.15) is 31.2 Å². The highest BCUT2D eigenvalue weighted by Gasteiger charge is 2.31. The minimum Gasteiger partial charge on any atom is -0.467 e. The van der Waals surface area contributed by atoms with Crippen LogP contribution in [0.4, 0.5) is 0 Å². The molecule has 2 fully saturated rings. The second-order valence-corrected chi connectivity index (χ2v) is 7.70. The molecule has 0 bridgehead atoms. The minimum atomic E-state index is 0.111. The summed E-state index contributed by atoms with van der Waals surface area (Å²) in [5.41, 5.74) is 1.12. The summed E-state index contributed by atoms with van der Waals surface area (Å²) >= 11 is 0. The number of aromatic nitrogens is 2. The van der Waals surface area contributed by atoms with E-state index in [4.69, 9.17) is 9.47 Å². The van der Waals surface area contributed by atoms with Crippen LogP contribution in [-0.4, -0.2) is 85.3 Å². The number of ether oxygens (including phenoxy) is 2. The Morgan fingerprint density at radius 2 is 1.93 bits per heavy atom. The van der Waals surface area contributed by atoms with Gasteiger partial charge in [-0.05, 0) is 45.3 Å². The predicted octanol–water partition coefficient (Wildman–Crippen LogP) is 0.924. The fourth-order valence-electron chi connectivity index (χ4n) is 4.20. The molecule has 1 N–H and O–H groups in total. The maximum atomic E-state index is 12.4. The van der Waals surface area contributed by atoms with Crippen LogP contribution in [0.5, 0.6) is 6.01 Å². The number of nitrogens with zero attached hydrogens (tertiary/aromatic N) is 4. The molecule has 28 heavy (non-hydrogen) atoms. The van der Waals surface area contributed by atoms with Gasteiger partial charge in [0.05, 0.1) is 19.6 Å². The Morgan fingerprint density at radius 3 is 2.61 bits per heavy atom. The molecular weight excluding hydrogens is 358 g/mol. The zero-order chi connectivity index (χ0) is 19.8. The first-order valence-electron chi connectivity index (χ1n) is 10.3. The lowest BCUT2D eigenvalue weighted by molar-refractivity contribution is -0.127. The van der Waals surface area contributed by atoms with Crippen LogP contribution in [-0.2, 0) is 16.1 Å². The summed E-state index contributed by atoms with van der Waals surface area (Å²) in [5, 5.41) is 3.00. The topological polar surface area (TPSA) is 79.8 Å². The molecule has 0 radical (unpaired) electrons. The standard InChI is InChI=1S/C20H33N5O3/c1-27-11-7-21-19(26)17-4-3-8-25(15-17)18-5-9-24(10-6-18)14-16-12-22-20(28-2)23-13-16/h12-13,17-18H,3-11,14-15H2,1-2H3,(H,21,26)/t17-/m1/s1. The van der Waals surface area contributed by atoms with E-state index in [0.717, 1.165) is 64.0 Å². The van der Waals surface area contributed by atoms with Crippen molar-refractivity contribution >= 4 is 5.91 Å². The van der Waals surface area contributed by atoms with E-state index in [9.17, 15) is 4.79 Å². The van der Waals surface area contributed by atoms with Crippen molar-refractivity contribution in [1.29, 1.82) is 0 Å². The molecule has 2 aliphatic rings. The van der Waals surface area contributed by atoms with Crippen molar-refractivity contribution in [1.82, 2.24) is 25.1 Å². The zero-order valence-corrected chi connectivity index (χ0v) is 17.1. The maximum absolute atomic E-state index is 12.4. The van der Waals surface area contributed by atoms with Gasteiger partial charge in [-0.2, -0.15) is 0 Å². The highest BCUT2D eigenvalue weighted by atomic mass is 16.5. The molecule has 1 atom stereocenters. The molecule has 1 aromatic rings. The van der Waals surface area contributed by atoms with Crippen molar-refractivity contribution in [2.24, 2.45) is 5.92 Å². The molecule has 0 aliphatic carbocycles. The van der Waals surface area contributed by atoms with E-state index in [1.807, 2.05) is 12.4 Å². The molecule has 0 saturated carbocycles. The number of piperidine rings is 2. The van der Waals surface area contributed by atoms with Crippen molar-refractivity contribution in [3.8, 4) is 6.01 Å². The van der Waals surface area contributed by atoms with Gasteiger partial charge >= 0.3 is 6.01 Å². The van der Waals surface area contributed by atoms with Crippen molar-refractivity contribution in [3.63, 3.8) is 0 Å². The van der Waals surface area contributed by atoms with Crippen LogP contribution in [0.25, 0.3) is 0 Å². The summed E-state index contributed by atoms with van der Waals surface area (Å²) in [4.78, 5) is 25.8. The monoisotopic (exact) mass is 391 g/mol. The second-order valence-electron chi connectivity index (χ2n) is 7.70. The number of nitrogens with one attached hydrogen (secondary N) is 1. The van der Waals surface area contributed by atoms with Crippen LogP contribution in [0.15, 0.2) is 12.4 Å². The number of amides is 1. The number of carbonyl (C=O) groups is 1. The third-order valence-electron chi connectivity index (χ3n) is 5.77. The average Bonchev–Trinajstić information content (AvgIpc) is 2.75. The number of hydrogen-bond acceptors (Lipinski definition) is 7. The minimum absolute atomic E-state index is 0.111. The first kappa shape index (κ1) is 21.0. The number of rotatable bonds is 8. The summed E-state index contributed by atoms with van der Waals surface area (Å²) < 4.78 is 10.0. The Labute approximate surface area is 167 Å². The molecule has 0 spiro atoms. The van der Waals surface area contributed by atoms with E-state index in [-0.39, 0.29) is 11.8 Å².